The molecule has 0 radical (unpaired) electrons. The van der Waals surface area contributed by atoms with Crippen molar-refractivity contribution in [1.82, 2.24) is 4.98 Å². The third-order valence-corrected chi connectivity index (χ3v) is 4.03. The molecule has 1 heterocycles. The normalized spacial score (nSPS) is 13.2. The molecule has 0 aliphatic carbocycles. The fourth-order valence-electron chi connectivity index (χ4n) is 1.63. The van der Waals surface area contributed by atoms with E-state index in [9.17, 15) is 0 Å². The van der Waals surface area contributed by atoms with Crippen molar-refractivity contribution >= 4 is 37.5 Å². The fourth-order valence-corrected chi connectivity index (χ4v) is 2.97. The summed E-state index contributed by atoms with van der Waals surface area (Å²) in [5.41, 5.74) is 6.82. The zero-order valence-corrected chi connectivity index (χ0v) is 11.6. The summed E-state index contributed by atoms with van der Waals surface area (Å²) in [7, 11) is 0. The van der Waals surface area contributed by atoms with E-state index in [-0.39, 0.29) is 0 Å². The van der Waals surface area contributed by atoms with Crippen molar-refractivity contribution in [2.75, 3.05) is 0 Å². The Kier molecular flexibility index (Phi) is 3.95. The van der Waals surface area contributed by atoms with E-state index in [1.54, 1.807) is 11.3 Å². The lowest BCUT2D eigenvalue weighted by molar-refractivity contribution is 0.623. The first-order valence-electron chi connectivity index (χ1n) is 5.45. The molecular formula is C12H15BrN2S. The lowest BCUT2D eigenvalue weighted by Gasteiger charge is -2.01. The Hall–Kier alpha value is -0.450. The SMILES string of the molecule is CC(N)CCCc1nc2cc(Br)ccc2s1. The number of nitrogens with zero attached hydrogens (tertiary/aromatic N) is 1. The largest absolute Gasteiger partial charge is 0.328 e. The maximum atomic E-state index is 5.73. The van der Waals surface area contributed by atoms with Crippen LogP contribution in [0.1, 0.15) is 24.8 Å². The quantitative estimate of drug-likeness (QED) is 0.934. The number of rotatable bonds is 4. The Morgan fingerprint density at radius 2 is 2.31 bits per heavy atom. The van der Waals surface area contributed by atoms with Crippen molar-refractivity contribution < 1.29 is 0 Å². The number of halogens is 1. The number of fused-ring (bicyclic) bond motifs is 1. The molecule has 2 aromatic rings. The molecule has 86 valence electrons. The molecule has 1 aromatic heterocycles. The van der Waals surface area contributed by atoms with E-state index in [0.29, 0.717) is 6.04 Å². The maximum Gasteiger partial charge on any atom is 0.0938 e. The van der Waals surface area contributed by atoms with Crippen LogP contribution in [-0.2, 0) is 6.42 Å². The summed E-state index contributed by atoms with van der Waals surface area (Å²) in [6, 6.07) is 6.54. The zero-order valence-electron chi connectivity index (χ0n) is 9.24. The van der Waals surface area contributed by atoms with Gasteiger partial charge in [0.2, 0.25) is 0 Å². The Morgan fingerprint density at radius 1 is 1.50 bits per heavy atom. The molecule has 0 spiro atoms. The zero-order chi connectivity index (χ0) is 11.5. The number of hydrogen-bond donors (Lipinski definition) is 1. The van der Waals surface area contributed by atoms with Crippen molar-refractivity contribution in [3.05, 3.63) is 27.7 Å². The number of thiazole rings is 1. The highest BCUT2D eigenvalue weighted by Crippen LogP contribution is 2.26. The van der Waals surface area contributed by atoms with Crippen LogP contribution < -0.4 is 5.73 Å². The second-order valence-corrected chi connectivity index (χ2v) is 6.12. The van der Waals surface area contributed by atoms with Crippen LogP contribution in [-0.4, -0.2) is 11.0 Å². The van der Waals surface area contributed by atoms with Crippen molar-refractivity contribution in [1.29, 1.82) is 0 Å². The van der Waals surface area contributed by atoms with E-state index >= 15 is 0 Å². The lowest BCUT2D eigenvalue weighted by Crippen LogP contribution is -2.14. The van der Waals surface area contributed by atoms with Crippen LogP contribution in [0.15, 0.2) is 22.7 Å². The van der Waals surface area contributed by atoms with Crippen LogP contribution in [0.25, 0.3) is 10.2 Å². The maximum absolute atomic E-state index is 5.73. The first kappa shape index (κ1) is 12.0. The molecule has 2 nitrogen and oxygen atoms in total. The monoisotopic (exact) mass is 298 g/mol. The fraction of sp³-hybridized carbons (Fsp3) is 0.417. The van der Waals surface area contributed by atoms with Crippen LogP contribution in [0.4, 0.5) is 0 Å². The van der Waals surface area contributed by atoms with E-state index in [1.807, 2.05) is 0 Å². The van der Waals surface area contributed by atoms with Gasteiger partial charge < -0.3 is 5.73 Å². The average molecular weight is 299 g/mol. The summed E-state index contributed by atoms with van der Waals surface area (Å²) in [4.78, 5) is 4.62. The van der Waals surface area contributed by atoms with Crippen molar-refractivity contribution in [2.24, 2.45) is 5.73 Å². The highest BCUT2D eigenvalue weighted by Gasteiger charge is 2.04. The van der Waals surface area contributed by atoms with E-state index in [4.69, 9.17) is 5.73 Å². The van der Waals surface area contributed by atoms with Crippen molar-refractivity contribution in [3.8, 4) is 0 Å². The van der Waals surface area contributed by atoms with Gasteiger partial charge in [0.05, 0.1) is 15.2 Å². The van der Waals surface area contributed by atoms with Gasteiger partial charge in [0, 0.05) is 10.5 Å². The van der Waals surface area contributed by atoms with Gasteiger partial charge in [0.25, 0.3) is 0 Å². The molecule has 4 heteroatoms. The summed E-state index contributed by atoms with van der Waals surface area (Å²) in [6.45, 7) is 2.05. The number of aryl methyl sites for hydroxylation is 1. The number of benzene rings is 1. The highest BCUT2D eigenvalue weighted by atomic mass is 79.9. The predicted molar refractivity (Wildman–Crippen MR) is 73.9 cm³/mol. The Labute approximate surface area is 108 Å². The van der Waals surface area contributed by atoms with E-state index in [2.05, 4.69) is 46.0 Å². The van der Waals surface area contributed by atoms with E-state index in [1.165, 1.54) is 9.71 Å². The minimum atomic E-state index is 0.295. The van der Waals surface area contributed by atoms with Crippen molar-refractivity contribution in [2.45, 2.75) is 32.2 Å². The van der Waals surface area contributed by atoms with Crippen molar-refractivity contribution in [3.63, 3.8) is 0 Å². The van der Waals surface area contributed by atoms with Crippen LogP contribution in [0.2, 0.25) is 0 Å². The molecule has 1 atom stereocenters. The van der Waals surface area contributed by atoms with E-state index < -0.39 is 0 Å². The van der Waals surface area contributed by atoms with Gasteiger partial charge in [0.15, 0.2) is 0 Å². The standard InChI is InChI=1S/C12H15BrN2S/c1-8(14)3-2-4-12-15-10-7-9(13)5-6-11(10)16-12/h5-8H,2-4,14H2,1H3. The molecule has 0 aliphatic rings. The first-order valence-corrected chi connectivity index (χ1v) is 7.06. The molecule has 0 bridgehead atoms. The van der Waals surface area contributed by atoms with Gasteiger partial charge >= 0.3 is 0 Å². The van der Waals surface area contributed by atoms with Gasteiger partial charge in [-0.2, -0.15) is 0 Å². The van der Waals surface area contributed by atoms with Gasteiger partial charge in [-0.15, -0.1) is 11.3 Å². The molecule has 1 unspecified atom stereocenters. The summed E-state index contributed by atoms with van der Waals surface area (Å²) in [6.07, 6.45) is 3.23. The minimum Gasteiger partial charge on any atom is -0.328 e. The Morgan fingerprint density at radius 3 is 3.06 bits per heavy atom. The van der Waals surface area contributed by atoms with Gasteiger partial charge in [-0.3, -0.25) is 0 Å². The molecule has 1 aromatic carbocycles. The number of aromatic nitrogens is 1. The molecule has 2 rings (SSSR count). The van der Waals surface area contributed by atoms with Crippen LogP contribution in [0.3, 0.4) is 0 Å². The summed E-state index contributed by atoms with van der Waals surface area (Å²) in [5.74, 6) is 0. The molecule has 0 aliphatic heterocycles. The third kappa shape index (κ3) is 3.03. The molecule has 0 saturated carbocycles. The number of nitrogens with two attached hydrogens (primary N) is 1. The first-order chi connectivity index (χ1) is 7.65. The highest BCUT2D eigenvalue weighted by molar-refractivity contribution is 9.10. The molecule has 16 heavy (non-hydrogen) atoms. The van der Waals surface area contributed by atoms with Crippen LogP contribution >= 0.6 is 27.3 Å². The van der Waals surface area contributed by atoms with Gasteiger partial charge in [0.1, 0.15) is 0 Å². The summed E-state index contributed by atoms with van der Waals surface area (Å²) >= 11 is 5.25. The second-order valence-electron chi connectivity index (χ2n) is 4.09. The smallest absolute Gasteiger partial charge is 0.0938 e. The Bertz CT molecular complexity index is 479. The predicted octanol–water partition coefficient (Wildman–Crippen LogP) is 3.73. The Balaban J connectivity index is 2.08. The topological polar surface area (TPSA) is 38.9 Å². The van der Waals surface area contributed by atoms with Gasteiger partial charge in [-0.25, -0.2) is 4.98 Å². The van der Waals surface area contributed by atoms with E-state index in [0.717, 1.165) is 29.3 Å². The third-order valence-electron chi connectivity index (χ3n) is 2.44. The molecule has 0 amide bonds. The lowest BCUT2D eigenvalue weighted by atomic mass is 10.1. The number of hydrogen-bond acceptors (Lipinski definition) is 3. The average Bonchev–Trinajstić information content (AvgIpc) is 2.58. The molecule has 0 fully saturated rings. The van der Waals surface area contributed by atoms with Crippen LogP contribution in [0, 0.1) is 0 Å². The molecular weight excluding hydrogens is 284 g/mol. The summed E-state index contributed by atoms with van der Waals surface area (Å²) in [5, 5.41) is 1.22. The summed E-state index contributed by atoms with van der Waals surface area (Å²) < 4.78 is 2.35. The van der Waals surface area contributed by atoms with Gasteiger partial charge in [-0.1, -0.05) is 15.9 Å². The minimum absolute atomic E-state index is 0.295. The second kappa shape index (κ2) is 5.25. The molecule has 0 saturated heterocycles. The van der Waals surface area contributed by atoms with Crippen LogP contribution in [0.5, 0.6) is 0 Å². The van der Waals surface area contributed by atoms with Gasteiger partial charge in [-0.05, 0) is 44.4 Å². The molecule has 2 N–H and O–H groups in total.